The molecule has 0 unspecified atom stereocenters. The number of hydrogen-bond acceptors (Lipinski definition) is 5. The molecule has 1 aromatic heterocycles. The van der Waals surface area contributed by atoms with Gasteiger partial charge in [-0.25, -0.2) is 9.97 Å². The van der Waals surface area contributed by atoms with Gasteiger partial charge in [0.1, 0.15) is 18.0 Å². The summed E-state index contributed by atoms with van der Waals surface area (Å²) in [5.41, 5.74) is 1.55. The van der Waals surface area contributed by atoms with Gasteiger partial charge in [0.2, 0.25) is 0 Å². The summed E-state index contributed by atoms with van der Waals surface area (Å²) in [5, 5.41) is 3.26. The molecule has 0 amide bonds. The number of carbonyl (C=O) groups is 1. The number of hydrogen-bond donors (Lipinski definition) is 1. The van der Waals surface area contributed by atoms with Gasteiger partial charge in [0.15, 0.2) is 5.78 Å². The second kappa shape index (κ2) is 7.22. The quantitative estimate of drug-likeness (QED) is 0.870. The zero-order valence-corrected chi connectivity index (χ0v) is 13.5. The van der Waals surface area contributed by atoms with Gasteiger partial charge in [-0.1, -0.05) is 25.0 Å². The molecule has 2 aromatic rings. The second-order valence-corrected chi connectivity index (χ2v) is 5.92. The van der Waals surface area contributed by atoms with E-state index in [4.69, 9.17) is 0 Å². The zero-order valence-electron chi connectivity index (χ0n) is 13.5. The Hall–Kier alpha value is -2.43. The highest BCUT2D eigenvalue weighted by atomic mass is 16.1. The third kappa shape index (κ3) is 4.06. The third-order valence-electron chi connectivity index (χ3n) is 4.12. The molecule has 3 rings (SSSR count). The van der Waals surface area contributed by atoms with Crippen LogP contribution in [0.5, 0.6) is 0 Å². The fourth-order valence-electron chi connectivity index (χ4n) is 2.85. The summed E-state index contributed by atoms with van der Waals surface area (Å²) in [6.45, 7) is 3.67. The summed E-state index contributed by atoms with van der Waals surface area (Å²) in [4.78, 5) is 22.5. The average molecular weight is 310 g/mol. The minimum Gasteiger partial charge on any atom is -0.356 e. The first kappa shape index (κ1) is 15.5. The molecule has 5 heteroatoms. The molecule has 0 bridgehead atoms. The lowest BCUT2D eigenvalue weighted by Crippen LogP contribution is -2.25. The van der Waals surface area contributed by atoms with Gasteiger partial charge in [-0.05, 0) is 31.9 Å². The maximum Gasteiger partial charge on any atom is 0.159 e. The minimum absolute atomic E-state index is 0.0570. The maximum absolute atomic E-state index is 11.5. The van der Waals surface area contributed by atoms with E-state index in [1.807, 2.05) is 30.3 Å². The van der Waals surface area contributed by atoms with Crippen LogP contribution in [0.25, 0.3) is 0 Å². The van der Waals surface area contributed by atoms with Crippen LogP contribution in [0.15, 0.2) is 36.7 Å². The molecule has 1 aliphatic rings. The van der Waals surface area contributed by atoms with Crippen molar-refractivity contribution < 1.29 is 4.79 Å². The molecule has 1 aliphatic heterocycles. The summed E-state index contributed by atoms with van der Waals surface area (Å²) in [5.74, 6) is 1.77. The summed E-state index contributed by atoms with van der Waals surface area (Å²) >= 11 is 0. The van der Waals surface area contributed by atoms with E-state index in [2.05, 4.69) is 20.2 Å². The summed E-state index contributed by atoms with van der Waals surface area (Å²) < 4.78 is 0. The lowest BCUT2D eigenvalue weighted by atomic mass is 10.1. The number of aromatic nitrogens is 2. The highest BCUT2D eigenvalue weighted by Gasteiger charge is 2.12. The number of ketones is 1. The maximum atomic E-state index is 11.5. The summed E-state index contributed by atoms with van der Waals surface area (Å²) in [6, 6.07) is 9.44. The van der Waals surface area contributed by atoms with Crippen LogP contribution in [0.3, 0.4) is 0 Å². The fraction of sp³-hybridized carbons (Fsp3) is 0.389. The van der Waals surface area contributed by atoms with Crippen LogP contribution in [0, 0.1) is 0 Å². The van der Waals surface area contributed by atoms with Gasteiger partial charge < -0.3 is 10.2 Å². The van der Waals surface area contributed by atoms with Crippen LogP contribution in [0.1, 0.15) is 43.0 Å². The van der Waals surface area contributed by atoms with Gasteiger partial charge in [-0.2, -0.15) is 0 Å². The first-order chi connectivity index (χ1) is 11.2. The Bertz CT molecular complexity index is 678. The first-order valence-electron chi connectivity index (χ1n) is 8.17. The molecule has 23 heavy (non-hydrogen) atoms. The van der Waals surface area contributed by atoms with Crippen molar-refractivity contribution in [2.45, 2.75) is 32.6 Å². The van der Waals surface area contributed by atoms with Crippen LogP contribution >= 0.6 is 0 Å². The molecule has 1 fully saturated rings. The van der Waals surface area contributed by atoms with Gasteiger partial charge in [0.25, 0.3) is 0 Å². The van der Waals surface area contributed by atoms with Gasteiger partial charge in [0.05, 0.1) is 0 Å². The van der Waals surface area contributed by atoms with Crippen LogP contribution in [-0.2, 0) is 0 Å². The number of carbonyl (C=O) groups excluding carboxylic acids is 1. The number of nitrogens with zero attached hydrogens (tertiary/aromatic N) is 3. The topological polar surface area (TPSA) is 58.1 Å². The molecule has 1 saturated heterocycles. The SMILES string of the molecule is CC(=O)c1cccc(Nc2cc(N3CCCCCC3)ncn2)c1. The molecule has 0 saturated carbocycles. The number of nitrogens with one attached hydrogen (secondary N) is 1. The van der Waals surface area contributed by atoms with Crippen molar-refractivity contribution in [3.8, 4) is 0 Å². The van der Waals surface area contributed by atoms with Crippen LogP contribution in [-0.4, -0.2) is 28.8 Å². The average Bonchev–Trinajstić information content (AvgIpc) is 2.85. The summed E-state index contributed by atoms with van der Waals surface area (Å²) in [6.07, 6.45) is 6.62. The van der Waals surface area contributed by atoms with Gasteiger partial charge in [-0.15, -0.1) is 0 Å². The van der Waals surface area contributed by atoms with Crippen molar-refractivity contribution in [1.82, 2.24) is 9.97 Å². The Morgan fingerprint density at radius 3 is 2.61 bits per heavy atom. The smallest absolute Gasteiger partial charge is 0.159 e. The predicted octanol–water partition coefficient (Wildman–Crippen LogP) is 3.80. The van der Waals surface area contributed by atoms with Gasteiger partial charge in [-0.3, -0.25) is 4.79 Å². The Labute approximate surface area is 136 Å². The second-order valence-electron chi connectivity index (χ2n) is 5.92. The van der Waals surface area contributed by atoms with E-state index in [1.165, 1.54) is 25.7 Å². The van der Waals surface area contributed by atoms with E-state index in [0.29, 0.717) is 5.56 Å². The predicted molar refractivity (Wildman–Crippen MR) is 92.4 cm³/mol. The molecule has 1 N–H and O–H groups in total. The molecular formula is C18H22N4O. The Balaban J connectivity index is 1.77. The first-order valence-corrected chi connectivity index (χ1v) is 8.17. The van der Waals surface area contributed by atoms with E-state index >= 15 is 0 Å². The highest BCUT2D eigenvalue weighted by Crippen LogP contribution is 2.21. The van der Waals surface area contributed by atoms with Crippen LogP contribution in [0.4, 0.5) is 17.3 Å². The molecule has 0 radical (unpaired) electrons. The van der Waals surface area contributed by atoms with Crippen molar-refractivity contribution in [3.05, 3.63) is 42.2 Å². The minimum atomic E-state index is 0.0570. The van der Waals surface area contributed by atoms with Crippen molar-refractivity contribution >= 4 is 23.1 Å². The lowest BCUT2D eigenvalue weighted by molar-refractivity contribution is 0.101. The highest BCUT2D eigenvalue weighted by molar-refractivity contribution is 5.95. The van der Waals surface area contributed by atoms with Gasteiger partial charge >= 0.3 is 0 Å². The van der Waals surface area contributed by atoms with E-state index < -0.39 is 0 Å². The van der Waals surface area contributed by atoms with Crippen molar-refractivity contribution in [3.63, 3.8) is 0 Å². The molecule has 1 aromatic carbocycles. The molecular weight excluding hydrogens is 288 g/mol. The number of benzene rings is 1. The Kier molecular flexibility index (Phi) is 4.86. The van der Waals surface area contributed by atoms with E-state index in [-0.39, 0.29) is 5.78 Å². The Morgan fingerprint density at radius 1 is 1.09 bits per heavy atom. The van der Waals surface area contributed by atoms with Crippen molar-refractivity contribution in [2.24, 2.45) is 0 Å². The Morgan fingerprint density at radius 2 is 1.87 bits per heavy atom. The molecule has 0 atom stereocenters. The van der Waals surface area contributed by atoms with E-state index in [0.717, 1.165) is 30.4 Å². The molecule has 2 heterocycles. The fourth-order valence-corrected chi connectivity index (χ4v) is 2.85. The molecule has 120 valence electrons. The van der Waals surface area contributed by atoms with Crippen molar-refractivity contribution in [1.29, 1.82) is 0 Å². The standard InChI is InChI=1S/C18H22N4O/c1-14(23)15-7-6-8-16(11-15)21-17-12-18(20-13-19-17)22-9-4-2-3-5-10-22/h6-8,11-13H,2-5,9-10H2,1H3,(H,19,20,21). The lowest BCUT2D eigenvalue weighted by Gasteiger charge is -2.21. The van der Waals surface area contributed by atoms with E-state index in [9.17, 15) is 4.79 Å². The number of Topliss-reactive ketones (excluding diaryl/α,β-unsaturated/α-hetero) is 1. The monoisotopic (exact) mass is 310 g/mol. The normalized spacial score (nSPS) is 15.1. The van der Waals surface area contributed by atoms with Crippen LogP contribution in [0.2, 0.25) is 0 Å². The number of rotatable bonds is 4. The summed E-state index contributed by atoms with van der Waals surface area (Å²) in [7, 11) is 0. The third-order valence-corrected chi connectivity index (χ3v) is 4.12. The van der Waals surface area contributed by atoms with Crippen LogP contribution < -0.4 is 10.2 Å². The molecule has 0 aliphatic carbocycles. The van der Waals surface area contributed by atoms with Gasteiger partial charge in [0, 0.05) is 30.4 Å². The van der Waals surface area contributed by atoms with Crippen molar-refractivity contribution in [2.75, 3.05) is 23.3 Å². The molecule has 0 spiro atoms. The largest absolute Gasteiger partial charge is 0.356 e. The zero-order chi connectivity index (χ0) is 16.1. The molecule has 5 nitrogen and oxygen atoms in total. The van der Waals surface area contributed by atoms with E-state index in [1.54, 1.807) is 13.3 Å². The number of anilines is 3.